The number of aliphatic hydroxyl groups is 5. The third-order valence-corrected chi connectivity index (χ3v) is 4.41. The van der Waals surface area contributed by atoms with E-state index in [9.17, 15) is 22.9 Å². The summed E-state index contributed by atoms with van der Waals surface area (Å²) in [7, 11) is -4.38. The van der Waals surface area contributed by atoms with Crippen molar-refractivity contribution in [3.05, 3.63) is 42.5 Å². The first-order chi connectivity index (χ1) is 12.5. The number of aliphatic carboxylic acids is 1. The maximum atomic E-state index is 10.9. The predicted molar refractivity (Wildman–Crippen MR) is 88.0 cm³/mol. The number of benzene rings is 2. The van der Waals surface area contributed by atoms with E-state index in [4.69, 9.17) is 25.5 Å². The minimum Gasteiger partial charge on any atom is -0.744 e. The smallest absolute Gasteiger partial charge is 0.744 e. The zero-order valence-electron chi connectivity index (χ0n) is 15.7. The summed E-state index contributed by atoms with van der Waals surface area (Å²) in [5.41, 5.74) is 0. The van der Waals surface area contributed by atoms with Gasteiger partial charge in [-0.2, -0.15) is 0 Å². The van der Waals surface area contributed by atoms with E-state index in [1.54, 1.807) is 36.4 Å². The molecule has 0 spiro atoms. The number of hydrogen-bond acceptors (Lipinski definition) is 10. The summed E-state index contributed by atoms with van der Waals surface area (Å²) in [6, 6.07) is 11.5. The molecule has 2 aromatic rings. The number of rotatable bonds is 6. The number of carboxylic acid groups (broad SMARTS) is 1. The van der Waals surface area contributed by atoms with Gasteiger partial charge >= 0.3 is 59.1 Å². The van der Waals surface area contributed by atoms with Crippen molar-refractivity contribution >= 4 is 26.9 Å². The first-order valence-corrected chi connectivity index (χ1v) is 8.89. The minimum atomic E-state index is -4.38. The Bertz CT molecular complexity index is 872. The molecule has 150 valence electrons. The molecule has 0 bridgehead atoms. The fourth-order valence-corrected chi connectivity index (χ4v) is 2.78. The Balaban J connectivity index is 0. The molecule has 2 rings (SSSR count). The first-order valence-electron chi connectivity index (χ1n) is 7.48. The molecular formula is C16H18Na2O10S. The summed E-state index contributed by atoms with van der Waals surface area (Å²) in [5.74, 6) is -1.98. The second kappa shape index (κ2) is 14.0. The molecular weight excluding hydrogens is 430 g/mol. The standard InChI is InChI=1S/C10H8O3S.C6H12O7.2Na/c11-14(12,13)10-7-3-5-8-4-1-2-6-9(8)10;7-1-2(8)3(9)4(10)5(11)6(12)13;;/h1-7H,(H,11,12,13);2-5,7-11H,1H2,(H,12,13);;/q;;2*+1/p-2/t;2-,3-,4+,5-;;/m.1../s1. The number of carbonyl (C=O) groups is 1. The fourth-order valence-electron chi connectivity index (χ4n) is 2.08. The minimum absolute atomic E-state index is 0. The monoisotopic (exact) mass is 448 g/mol. The van der Waals surface area contributed by atoms with Gasteiger partial charge in [0.25, 0.3) is 0 Å². The van der Waals surface area contributed by atoms with Crippen molar-refractivity contribution in [2.45, 2.75) is 29.3 Å². The quantitative estimate of drug-likeness (QED) is 0.209. The molecule has 0 aromatic heterocycles. The molecule has 0 heterocycles. The van der Waals surface area contributed by atoms with Gasteiger partial charge in [-0.3, -0.25) is 0 Å². The van der Waals surface area contributed by atoms with E-state index in [1.807, 2.05) is 0 Å². The largest absolute Gasteiger partial charge is 1.00 e. The normalized spacial score (nSPS) is 14.8. The van der Waals surface area contributed by atoms with Crippen LogP contribution in [0.5, 0.6) is 0 Å². The molecule has 0 saturated heterocycles. The van der Waals surface area contributed by atoms with Crippen molar-refractivity contribution in [3.8, 4) is 0 Å². The van der Waals surface area contributed by atoms with E-state index in [2.05, 4.69) is 0 Å². The van der Waals surface area contributed by atoms with Gasteiger partial charge in [0.15, 0.2) is 0 Å². The Labute approximate surface area is 211 Å². The average Bonchev–Trinajstić information content (AvgIpc) is 2.64. The molecule has 0 unspecified atom stereocenters. The number of hydrogen-bond donors (Lipinski definition) is 5. The number of carboxylic acids is 1. The van der Waals surface area contributed by atoms with Crippen molar-refractivity contribution < 1.29 is 108 Å². The summed E-state index contributed by atoms with van der Waals surface area (Å²) < 4.78 is 32.7. The molecule has 2 aromatic carbocycles. The van der Waals surface area contributed by atoms with Gasteiger partial charge in [-0.1, -0.05) is 36.4 Å². The van der Waals surface area contributed by atoms with Gasteiger partial charge < -0.3 is 40.0 Å². The maximum absolute atomic E-state index is 10.9. The summed E-state index contributed by atoms with van der Waals surface area (Å²) >= 11 is 0. The van der Waals surface area contributed by atoms with E-state index in [0.717, 1.165) is 5.39 Å². The molecule has 13 heteroatoms. The maximum Gasteiger partial charge on any atom is 1.00 e. The molecule has 4 atom stereocenters. The molecule has 0 amide bonds. The van der Waals surface area contributed by atoms with Gasteiger partial charge in [0.2, 0.25) is 0 Å². The average molecular weight is 448 g/mol. The van der Waals surface area contributed by atoms with Crippen LogP contribution >= 0.6 is 0 Å². The second-order valence-electron chi connectivity index (χ2n) is 5.43. The van der Waals surface area contributed by atoms with Crippen molar-refractivity contribution in [1.29, 1.82) is 0 Å². The van der Waals surface area contributed by atoms with Crippen LogP contribution in [0.2, 0.25) is 0 Å². The number of fused-ring (bicyclic) bond motifs is 1. The van der Waals surface area contributed by atoms with Crippen LogP contribution in [-0.2, 0) is 14.9 Å². The second-order valence-corrected chi connectivity index (χ2v) is 6.77. The van der Waals surface area contributed by atoms with E-state index in [-0.39, 0.29) is 64.0 Å². The molecule has 5 N–H and O–H groups in total. The molecule has 0 saturated carbocycles. The van der Waals surface area contributed by atoms with Gasteiger partial charge in [-0.05, 0) is 16.8 Å². The van der Waals surface area contributed by atoms with E-state index < -0.39 is 47.1 Å². The van der Waals surface area contributed by atoms with Gasteiger partial charge in [0.05, 0.1) is 17.5 Å². The van der Waals surface area contributed by atoms with Crippen LogP contribution in [0.3, 0.4) is 0 Å². The van der Waals surface area contributed by atoms with Crippen molar-refractivity contribution in [2.75, 3.05) is 6.61 Å². The Kier molecular flexibility index (Phi) is 15.0. The molecule has 0 radical (unpaired) electrons. The van der Waals surface area contributed by atoms with Crippen molar-refractivity contribution in [3.63, 3.8) is 0 Å². The summed E-state index contributed by atoms with van der Waals surface area (Å²) in [6.07, 6.45) is -8.08. The summed E-state index contributed by atoms with van der Waals surface area (Å²) in [4.78, 5) is 9.82. The molecule has 0 aliphatic rings. The van der Waals surface area contributed by atoms with Crippen LogP contribution in [0, 0.1) is 0 Å². The van der Waals surface area contributed by atoms with Crippen LogP contribution in [0.1, 0.15) is 0 Å². The van der Waals surface area contributed by atoms with E-state index in [1.165, 1.54) is 6.07 Å². The SMILES string of the molecule is O=C([O-])[C@H](O)[C@@H](O)[C@H](O)[C@H](O)CO.O=S(=O)([O-])c1cccc2ccccc12.[Na+].[Na+]. The Hall–Kier alpha value is -0.120. The Morgan fingerprint density at radius 2 is 1.45 bits per heavy atom. The first kappa shape index (κ1) is 31.1. The summed E-state index contributed by atoms with van der Waals surface area (Å²) in [6.45, 7) is -0.863. The Morgan fingerprint density at radius 1 is 0.931 bits per heavy atom. The molecule has 10 nitrogen and oxygen atoms in total. The fraction of sp³-hybridized carbons (Fsp3) is 0.312. The van der Waals surface area contributed by atoms with Gasteiger partial charge in [-0.25, -0.2) is 8.42 Å². The third kappa shape index (κ3) is 9.27. The van der Waals surface area contributed by atoms with E-state index >= 15 is 0 Å². The topological polar surface area (TPSA) is 198 Å². The van der Waals surface area contributed by atoms with Gasteiger partial charge in [0, 0.05) is 0 Å². The van der Waals surface area contributed by atoms with Crippen LogP contribution < -0.4 is 64.2 Å². The summed E-state index contributed by atoms with van der Waals surface area (Å²) in [5, 5.41) is 54.7. The van der Waals surface area contributed by atoms with Crippen molar-refractivity contribution in [1.82, 2.24) is 0 Å². The van der Waals surface area contributed by atoms with Crippen LogP contribution in [-0.4, -0.2) is 75.5 Å². The number of aliphatic hydroxyl groups excluding tert-OH is 5. The number of carbonyl (C=O) groups excluding carboxylic acids is 1. The zero-order valence-corrected chi connectivity index (χ0v) is 20.6. The zero-order chi connectivity index (χ0) is 20.8. The molecule has 0 aliphatic carbocycles. The van der Waals surface area contributed by atoms with Crippen LogP contribution in [0.4, 0.5) is 0 Å². The third-order valence-electron chi connectivity index (χ3n) is 3.52. The molecule has 29 heavy (non-hydrogen) atoms. The molecule has 0 aliphatic heterocycles. The van der Waals surface area contributed by atoms with Crippen LogP contribution in [0.15, 0.2) is 47.4 Å². The Morgan fingerprint density at radius 3 is 1.93 bits per heavy atom. The molecule has 0 fully saturated rings. The van der Waals surface area contributed by atoms with E-state index in [0.29, 0.717) is 5.39 Å². The van der Waals surface area contributed by atoms with Crippen molar-refractivity contribution in [2.24, 2.45) is 0 Å². The van der Waals surface area contributed by atoms with Gasteiger partial charge in [-0.15, -0.1) is 0 Å². The van der Waals surface area contributed by atoms with Crippen LogP contribution in [0.25, 0.3) is 10.8 Å². The van der Waals surface area contributed by atoms with Gasteiger partial charge in [0.1, 0.15) is 34.5 Å². The predicted octanol–water partition coefficient (Wildman–Crippen LogP) is -9.08.